The molecule has 0 atom stereocenters. The number of hydrogen-bond donors (Lipinski definition) is 0. The second-order valence-electron chi connectivity index (χ2n) is 6.76. The van der Waals surface area contributed by atoms with Crippen molar-refractivity contribution in [1.82, 2.24) is 0 Å². The first-order valence-corrected chi connectivity index (χ1v) is 8.47. The maximum absolute atomic E-state index is 2.36. The fourth-order valence-electron chi connectivity index (χ4n) is 4.11. The second-order valence-corrected chi connectivity index (χ2v) is 6.76. The number of benzene rings is 5. The molecule has 0 unspecified atom stereocenters. The molecular weight excluding hydrogens is 288 g/mol. The SMILES string of the molecule is Cc1ccc2c(c1)c1ccccc1c1cc(C)c3ccccc3c21. The van der Waals surface area contributed by atoms with Crippen LogP contribution in [-0.4, -0.2) is 0 Å². The van der Waals surface area contributed by atoms with Gasteiger partial charge in [-0.3, -0.25) is 0 Å². The molecule has 0 heterocycles. The van der Waals surface area contributed by atoms with E-state index in [1.807, 2.05) is 0 Å². The Bertz CT molecular complexity index is 1260. The summed E-state index contributed by atoms with van der Waals surface area (Å²) in [4.78, 5) is 0. The molecule has 5 rings (SSSR count). The first-order valence-electron chi connectivity index (χ1n) is 8.47. The molecule has 0 bridgehead atoms. The Morgan fingerprint density at radius 1 is 0.458 bits per heavy atom. The maximum atomic E-state index is 2.36. The maximum Gasteiger partial charge on any atom is -0.00202 e. The second kappa shape index (κ2) is 4.82. The molecule has 5 aromatic carbocycles. The van der Waals surface area contributed by atoms with Crippen LogP contribution in [0.2, 0.25) is 0 Å². The van der Waals surface area contributed by atoms with E-state index in [0.29, 0.717) is 0 Å². The lowest BCUT2D eigenvalue weighted by atomic mass is 9.89. The van der Waals surface area contributed by atoms with Crippen LogP contribution < -0.4 is 0 Å². The van der Waals surface area contributed by atoms with E-state index in [1.165, 1.54) is 54.2 Å². The molecule has 0 spiro atoms. The topological polar surface area (TPSA) is 0 Å². The predicted octanol–water partition coefficient (Wildman–Crippen LogP) is 6.92. The van der Waals surface area contributed by atoms with Gasteiger partial charge < -0.3 is 0 Å². The van der Waals surface area contributed by atoms with E-state index < -0.39 is 0 Å². The van der Waals surface area contributed by atoms with Gasteiger partial charge in [-0.25, -0.2) is 0 Å². The first-order chi connectivity index (χ1) is 11.7. The van der Waals surface area contributed by atoms with E-state index in [2.05, 4.69) is 86.6 Å². The Morgan fingerprint density at radius 2 is 1.04 bits per heavy atom. The van der Waals surface area contributed by atoms with Crippen LogP contribution in [-0.2, 0) is 0 Å². The number of aryl methyl sites for hydroxylation is 2. The van der Waals surface area contributed by atoms with Gasteiger partial charge in [-0.2, -0.15) is 0 Å². The average Bonchev–Trinajstić information content (AvgIpc) is 2.62. The van der Waals surface area contributed by atoms with Gasteiger partial charge in [-0.05, 0) is 62.5 Å². The summed E-state index contributed by atoms with van der Waals surface area (Å²) in [6.07, 6.45) is 0. The van der Waals surface area contributed by atoms with Crippen molar-refractivity contribution < 1.29 is 0 Å². The molecule has 0 amide bonds. The van der Waals surface area contributed by atoms with E-state index in [0.717, 1.165) is 0 Å². The third kappa shape index (κ3) is 1.74. The van der Waals surface area contributed by atoms with Crippen LogP contribution in [0.25, 0.3) is 43.1 Å². The molecule has 24 heavy (non-hydrogen) atoms. The minimum absolute atomic E-state index is 1.31. The molecule has 0 aliphatic carbocycles. The van der Waals surface area contributed by atoms with Gasteiger partial charge in [-0.1, -0.05) is 78.4 Å². The largest absolute Gasteiger partial charge is 0.0616 e. The van der Waals surface area contributed by atoms with Crippen molar-refractivity contribution in [2.24, 2.45) is 0 Å². The summed E-state index contributed by atoms with van der Waals surface area (Å²) in [5.74, 6) is 0. The van der Waals surface area contributed by atoms with E-state index in [1.54, 1.807) is 0 Å². The molecule has 0 nitrogen and oxygen atoms in total. The highest BCUT2D eigenvalue weighted by Crippen LogP contribution is 2.40. The lowest BCUT2D eigenvalue weighted by molar-refractivity contribution is 1.51. The molecule has 0 heteroatoms. The van der Waals surface area contributed by atoms with E-state index in [4.69, 9.17) is 0 Å². The highest BCUT2D eigenvalue weighted by atomic mass is 14.2. The van der Waals surface area contributed by atoms with Crippen molar-refractivity contribution in [3.05, 3.63) is 83.9 Å². The molecule has 0 radical (unpaired) electrons. The van der Waals surface area contributed by atoms with Gasteiger partial charge in [0.05, 0.1) is 0 Å². The van der Waals surface area contributed by atoms with Gasteiger partial charge in [0, 0.05) is 0 Å². The monoisotopic (exact) mass is 306 g/mol. The quantitative estimate of drug-likeness (QED) is 0.272. The normalized spacial score (nSPS) is 11.8. The molecule has 0 N–H and O–H groups in total. The Hall–Kier alpha value is -2.86. The highest BCUT2D eigenvalue weighted by molar-refractivity contribution is 6.31. The lowest BCUT2D eigenvalue weighted by Crippen LogP contribution is -1.88. The van der Waals surface area contributed by atoms with Gasteiger partial charge in [0.2, 0.25) is 0 Å². The van der Waals surface area contributed by atoms with Crippen molar-refractivity contribution >= 4 is 43.1 Å². The van der Waals surface area contributed by atoms with Crippen LogP contribution in [0.15, 0.2) is 72.8 Å². The van der Waals surface area contributed by atoms with Gasteiger partial charge in [0.15, 0.2) is 0 Å². The Kier molecular flexibility index (Phi) is 2.72. The van der Waals surface area contributed by atoms with E-state index >= 15 is 0 Å². The highest BCUT2D eigenvalue weighted by Gasteiger charge is 2.12. The third-order valence-corrected chi connectivity index (χ3v) is 5.20. The molecule has 0 aliphatic rings. The fourth-order valence-corrected chi connectivity index (χ4v) is 4.11. The van der Waals surface area contributed by atoms with Crippen molar-refractivity contribution in [3.8, 4) is 0 Å². The molecule has 0 saturated carbocycles. The summed E-state index contributed by atoms with van der Waals surface area (Å²) in [5, 5.41) is 10.8. The Labute approximate surface area is 141 Å². The molecule has 114 valence electrons. The zero-order chi connectivity index (χ0) is 16.3. The summed E-state index contributed by atoms with van der Waals surface area (Å²) in [5.41, 5.74) is 2.65. The van der Waals surface area contributed by atoms with Gasteiger partial charge in [0.25, 0.3) is 0 Å². The fraction of sp³-hybridized carbons (Fsp3) is 0.0833. The summed E-state index contributed by atoms with van der Waals surface area (Å²) in [7, 11) is 0. The number of rotatable bonds is 0. The Morgan fingerprint density at radius 3 is 1.79 bits per heavy atom. The minimum Gasteiger partial charge on any atom is -0.0616 e. The van der Waals surface area contributed by atoms with Crippen LogP contribution in [0.5, 0.6) is 0 Å². The first kappa shape index (κ1) is 13.6. The summed E-state index contributed by atoms with van der Waals surface area (Å²) < 4.78 is 0. The Balaban J connectivity index is 2.23. The summed E-state index contributed by atoms with van der Waals surface area (Å²) in [6.45, 7) is 4.39. The zero-order valence-corrected chi connectivity index (χ0v) is 13.9. The molecule has 5 aromatic rings. The zero-order valence-electron chi connectivity index (χ0n) is 13.9. The van der Waals surface area contributed by atoms with Gasteiger partial charge >= 0.3 is 0 Å². The number of fused-ring (bicyclic) bond motifs is 8. The molecule has 0 saturated heterocycles. The lowest BCUT2D eigenvalue weighted by Gasteiger charge is -2.14. The average molecular weight is 306 g/mol. The molecule has 0 aliphatic heterocycles. The summed E-state index contributed by atoms with van der Waals surface area (Å²) >= 11 is 0. The van der Waals surface area contributed by atoms with Gasteiger partial charge in [-0.15, -0.1) is 0 Å². The molecule has 0 fully saturated rings. The van der Waals surface area contributed by atoms with Crippen LogP contribution in [0.1, 0.15) is 11.1 Å². The van der Waals surface area contributed by atoms with Crippen LogP contribution in [0, 0.1) is 13.8 Å². The van der Waals surface area contributed by atoms with Crippen molar-refractivity contribution in [1.29, 1.82) is 0 Å². The summed E-state index contributed by atoms with van der Waals surface area (Å²) in [6, 6.07) is 26.8. The minimum atomic E-state index is 1.31. The van der Waals surface area contributed by atoms with E-state index in [-0.39, 0.29) is 0 Å². The van der Waals surface area contributed by atoms with Crippen molar-refractivity contribution in [3.63, 3.8) is 0 Å². The third-order valence-electron chi connectivity index (χ3n) is 5.20. The van der Waals surface area contributed by atoms with Gasteiger partial charge in [0.1, 0.15) is 0 Å². The predicted molar refractivity (Wildman–Crippen MR) is 106 cm³/mol. The molecule has 0 aromatic heterocycles. The van der Waals surface area contributed by atoms with Crippen LogP contribution in [0.3, 0.4) is 0 Å². The number of hydrogen-bond acceptors (Lipinski definition) is 0. The van der Waals surface area contributed by atoms with E-state index in [9.17, 15) is 0 Å². The van der Waals surface area contributed by atoms with Crippen molar-refractivity contribution in [2.45, 2.75) is 13.8 Å². The van der Waals surface area contributed by atoms with Crippen molar-refractivity contribution in [2.75, 3.05) is 0 Å². The van der Waals surface area contributed by atoms with Crippen LogP contribution >= 0.6 is 0 Å². The molecular formula is C24H18. The smallest absolute Gasteiger partial charge is 0.00202 e. The standard InChI is InChI=1S/C24H18/c1-15-11-12-21-22(13-15)18-8-4-5-9-19(18)23-14-16(2)17-7-3-6-10-20(17)24(21)23/h3-14H,1-2H3. The van der Waals surface area contributed by atoms with Crippen LogP contribution in [0.4, 0.5) is 0 Å².